The van der Waals surface area contributed by atoms with Crippen LogP contribution in [0, 0.1) is 5.82 Å². The number of halogens is 1. The van der Waals surface area contributed by atoms with Crippen LogP contribution in [0.15, 0.2) is 60.8 Å². The van der Waals surface area contributed by atoms with E-state index in [4.69, 9.17) is 9.97 Å². The van der Waals surface area contributed by atoms with Gasteiger partial charge in [0.2, 0.25) is 0 Å². The number of carbonyl (C=O) groups is 1. The van der Waals surface area contributed by atoms with Gasteiger partial charge in [-0.05, 0) is 60.9 Å². The number of benzene rings is 3. The van der Waals surface area contributed by atoms with E-state index in [2.05, 4.69) is 10.2 Å². The number of aromatic carboxylic acids is 1. The number of hydrogen-bond donors (Lipinski definition) is 2. The highest BCUT2D eigenvalue weighted by Gasteiger charge is 2.25. The molecule has 0 fully saturated rings. The molecule has 2 N–H and O–H groups in total. The molecule has 0 unspecified atom stereocenters. The second-order valence-electron chi connectivity index (χ2n) is 8.10. The normalized spacial score (nSPS) is 13.4. The molecule has 0 saturated carbocycles. The van der Waals surface area contributed by atoms with E-state index in [1.807, 2.05) is 29.2 Å². The Morgan fingerprint density at radius 1 is 1.03 bits per heavy atom. The molecule has 0 radical (unpaired) electrons. The van der Waals surface area contributed by atoms with Crippen LogP contribution in [0.3, 0.4) is 0 Å². The first-order chi connectivity index (χ1) is 16.1. The van der Waals surface area contributed by atoms with Gasteiger partial charge in [0, 0.05) is 23.2 Å². The summed E-state index contributed by atoms with van der Waals surface area (Å²) in [6.45, 7) is 0.649. The maximum atomic E-state index is 14.2. The van der Waals surface area contributed by atoms with Gasteiger partial charge in [-0.2, -0.15) is 5.10 Å². The van der Waals surface area contributed by atoms with Crippen molar-refractivity contribution in [1.82, 2.24) is 20.2 Å². The van der Waals surface area contributed by atoms with Crippen LogP contribution in [0.5, 0.6) is 0 Å². The summed E-state index contributed by atoms with van der Waals surface area (Å²) in [7, 11) is 0. The lowest BCUT2D eigenvalue weighted by atomic mass is 10.0. The molecular formula is C25H18FN5O2. The molecule has 3 heterocycles. The molecule has 0 aliphatic carbocycles. The molecule has 1 aliphatic heterocycles. The van der Waals surface area contributed by atoms with Gasteiger partial charge >= 0.3 is 5.97 Å². The lowest BCUT2D eigenvalue weighted by molar-refractivity contribution is 0.0697. The first-order valence-electron chi connectivity index (χ1n) is 10.6. The first-order valence-corrected chi connectivity index (χ1v) is 10.6. The Morgan fingerprint density at radius 3 is 2.82 bits per heavy atom. The number of anilines is 2. The Kier molecular flexibility index (Phi) is 4.33. The average molecular weight is 439 g/mol. The number of H-pyrrole nitrogens is 1. The lowest BCUT2D eigenvalue weighted by Gasteiger charge is -2.31. The van der Waals surface area contributed by atoms with Crippen molar-refractivity contribution in [2.45, 2.75) is 12.8 Å². The predicted molar refractivity (Wildman–Crippen MR) is 123 cm³/mol. The van der Waals surface area contributed by atoms with Crippen molar-refractivity contribution >= 4 is 39.4 Å². The summed E-state index contributed by atoms with van der Waals surface area (Å²) >= 11 is 0. The molecular weight excluding hydrogens is 421 g/mol. The van der Waals surface area contributed by atoms with E-state index in [0.717, 1.165) is 40.6 Å². The van der Waals surface area contributed by atoms with Crippen molar-refractivity contribution in [3.8, 4) is 11.3 Å². The lowest BCUT2D eigenvalue weighted by Crippen LogP contribution is -2.26. The number of aromatic nitrogens is 4. The average Bonchev–Trinajstić information content (AvgIpc) is 3.30. The van der Waals surface area contributed by atoms with Crippen molar-refractivity contribution in [3.05, 3.63) is 77.7 Å². The topological polar surface area (TPSA) is 95.0 Å². The van der Waals surface area contributed by atoms with Crippen LogP contribution in [0.25, 0.3) is 33.2 Å². The van der Waals surface area contributed by atoms with Gasteiger partial charge in [-0.15, -0.1) is 0 Å². The largest absolute Gasteiger partial charge is 0.478 e. The number of fused-ring (bicyclic) bond motifs is 3. The molecule has 7 nitrogen and oxygen atoms in total. The predicted octanol–water partition coefficient (Wildman–Crippen LogP) is 5.09. The second-order valence-corrected chi connectivity index (χ2v) is 8.10. The number of nitrogens with one attached hydrogen (secondary N) is 1. The third-order valence-electron chi connectivity index (χ3n) is 6.03. The number of nitrogens with zero attached hydrogens (tertiary/aromatic N) is 4. The zero-order chi connectivity index (χ0) is 22.5. The van der Waals surface area contributed by atoms with Gasteiger partial charge in [-0.25, -0.2) is 19.2 Å². The van der Waals surface area contributed by atoms with E-state index in [0.29, 0.717) is 29.1 Å². The Morgan fingerprint density at radius 2 is 1.94 bits per heavy atom. The number of carboxylic acid groups (broad SMARTS) is 1. The molecule has 162 valence electrons. The van der Waals surface area contributed by atoms with E-state index in [9.17, 15) is 14.3 Å². The van der Waals surface area contributed by atoms with Crippen molar-refractivity contribution in [2.75, 3.05) is 11.4 Å². The SMILES string of the molecule is O=C(O)c1ccc2nc(-c3ccc4[nH]ncc4c3)c(N3CCCc4ccc(F)cc43)nc2c1. The first kappa shape index (κ1) is 19.4. The van der Waals surface area contributed by atoms with Gasteiger partial charge in [-0.3, -0.25) is 5.10 Å². The smallest absolute Gasteiger partial charge is 0.335 e. The van der Waals surface area contributed by atoms with Crippen molar-refractivity contribution in [1.29, 1.82) is 0 Å². The van der Waals surface area contributed by atoms with Gasteiger partial charge in [0.15, 0.2) is 5.82 Å². The number of aryl methyl sites for hydroxylation is 1. The fourth-order valence-electron chi connectivity index (χ4n) is 4.42. The van der Waals surface area contributed by atoms with Crippen molar-refractivity contribution in [2.24, 2.45) is 0 Å². The standard InChI is InChI=1S/C25H18FN5O2/c26-18-6-3-14-2-1-9-31(22(14)12-18)24-23(15-4-7-19-17(10-15)13-27-30-19)28-20-8-5-16(25(32)33)11-21(20)29-24/h3-8,10-13H,1-2,9H2,(H,27,30)(H,32,33). The number of rotatable bonds is 3. The maximum absolute atomic E-state index is 14.2. The highest BCUT2D eigenvalue weighted by molar-refractivity contribution is 5.94. The van der Waals surface area contributed by atoms with E-state index in [1.54, 1.807) is 12.3 Å². The van der Waals surface area contributed by atoms with E-state index < -0.39 is 5.97 Å². The zero-order valence-corrected chi connectivity index (χ0v) is 17.4. The Balaban J connectivity index is 1.62. The molecule has 3 aromatic carbocycles. The number of aromatic amines is 1. The van der Waals surface area contributed by atoms with Gasteiger partial charge < -0.3 is 10.0 Å². The minimum Gasteiger partial charge on any atom is -0.478 e. The number of hydrogen-bond acceptors (Lipinski definition) is 5. The van der Waals surface area contributed by atoms with Gasteiger partial charge in [-0.1, -0.05) is 12.1 Å². The van der Waals surface area contributed by atoms with E-state index in [1.165, 1.54) is 24.3 Å². The molecule has 2 aromatic heterocycles. The van der Waals surface area contributed by atoms with Crippen molar-refractivity contribution < 1.29 is 14.3 Å². The van der Waals surface area contributed by atoms with Gasteiger partial charge in [0.1, 0.15) is 11.5 Å². The van der Waals surface area contributed by atoms with Crippen LogP contribution in [-0.2, 0) is 6.42 Å². The fourth-order valence-corrected chi connectivity index (χ4v) is 4.42. The molecule has 33 heavy (non-hydrogen) atoms. The highest BCUT2D eigenvalue weighted by Crippen LogP contribution is 2.39. The second kappa shape index (κ2) is 7.37. The molecule has 0 atom stereocenters. The molecule has 8 heteroatoms. The summed E-state index contributed by atoms with van der Waals surface area (Å²) in [4.78, 5) is 23.2. The van der Waals surface area contributed by atoms with Crippen LogP contribution in [-0.4, -0.2) is 37.8 Å². The van der Waals surface area contributed by atoms with Crippen LogP contribution in [0.1, 0.15) is 22.3 Å². The third kappa shape index (κ3) is 3.27. The van der Waals surface area contributed by atoms with Crippen LogP contribution in [0.4, 0.5) is 15.9 Å². The molecule has 5 aromatic rings. The summed E-state index contributed by atoms with van der Waals surface area (Å²) in [6, 6.07) is 15.4. The maximum Gasteiger partial charge on any atom is 0.335 e. The van der Waals surface area contributed by atoms with E-state index >= 15 is 0 Å². The Labute approximate surface area is 187 Å². The summed E-state index contributed by atoms with van der Waals surface area (Å²) < 4.78 is 14.2. The minimum atomic E-state index is -1.03. The van der Waals surface area contributed by atoms with Crippen LogP contribution >= 0.6 is 0 Å². The molecule has 0 amide bonds. The van der Waals surface area contributed by atoms with E-state index in [-0.39, 0.29) is 11.4 Å². The molecule has 0 saturated heterocycles. The van der Waals surface area contributed by atoms with Crippen molar-refractivity contribution in [3.63, 3.8) is 0 Å². The Hall–Kier alpha value is -4.33. The van der Waals surface area contributed by atoms with Gasteiger partial charge in [0.25, 0.3) is 0 Å². The Bertz CT molecular complexity index is 1560. The number of carboxylic acids is 1. The summed E-state index contributed by atoms with van der Waals surface area (Å²) in [5.74, 6) is -0.775. The molecule has 0 bridgehead atoms. The third-order valence-corrected chi connectivity index (χ3v) is 6.03. The molecule has 6 rings (SSSR count). The monoisotopic (exact) mass is 439 g/mol. The molecule has 0 spiro atoms. The van der Waals surface area contributed by atoms with Crippen LogP contribution < -0.4 is 4.90 Å². The summed E-state index contributed by atoms with van der Waals surface area (Å²) in [5.41, 5.74) is 5.40. The quantitative estimate of drug-likeness (QED) is 0.406. The fraction of sp³-hybridized carbons (Fsp3) is 0.120. The summed E-state index contributed by atoms with van der Waals surface area (Å²) in [6.07, 6.45) is 3.48. The van der Waals surface area contributed by atoms with Crippen LogP contribution in [0.2, 0.25) is 0 Å². The minimum absolute atomic E-state index is 0.139. The summed E-state index contributed by atoms with van der Waals surface area (Å²) in [5, 5.41) is 17.4. The van der Waals surface area contributed by atoms with Gasteiger partial charge in [0.05, 0.1) is 28.3 Å². The highest BCUT2D eigenvalue weighted by atomic mass is 19.1. The molecule has 1 aliphatic rings. The zero-order valence-electron chi connectivity index (χ0n) is 17.4.